The highest BCUT2D eigenvalue weighted by Crippen LogP contribution is 2.20. The largest absolute Gasteiger partial charge is 0.459 e. The quantitative estimate of drug-likeness (QED) is 0.727. The highest BCUT2D eigenvalue weighted by atomic mass is 35.5. The van der Waals surface area contributed by atoms with E-state index in [9.17, 15) is 14.4 Å². The van der Waals surface area contributed by atoms with Crippen LogP contribution in [0.5, 0.6) is 0 Å². The molecule has 3 amide bonds. The summed E-state index contributed by atoms with van der Waals surface area (Å²) in [5.74, 6) is -1.70. The van der Waals surface area contributed by atoms with Gasteiger partial charge in [-0.3, -0.25) is 25.2 Å². The van der Waals surface area contributed by atoms with Crippen LogP contribution >= 0.6 is 23.2 Å². The summed E-state index contributed by atoms with van der Waals surface area (Å²) in [4.78, 5) is 35.0. The molecule has 2 rings (SSSR count). The van der Waals surface area contributed by atoms with Crippen LogP contribution in [0.15, 0.2) is 41.0 Å². The molecule has 120 valence electrons. The van der Waals surface area contributed by atoms with Crippen molar-refractivity contribution in [2.45, 2.75) is 0 Å². The molecule has 0 atom stereocenters. The number of hydrazine groups is 1. The summed E-state index contributed by atoms with van der Waals surface area (Å²) in [5, 5.41) is 2.86. The molecule has 9 heteroatoms. The minimum absolute atomic E-state index is 0.0785. The van der Waals surface area contributed by atoms with Gasteiger partial charge in [0.2, 0.25) is 0 Å². The molecule has 0 aliphatic heterocycles. The van der Waals surface area contributed by atoms with Gasteiger partial charge in [0.05, 0.1) is 23.4 Å². The average molecular weight is 356 g/mol. The average Bonchev–Trinajstić information content (AvgIpc) is 3.04. The lowest BCUT2D eigenvalue weighted by molar-refractivity contribution is -0.120. The number of rotatable bonds is 4. The Morgan fingerprint density at radius 1 is 1.04 bits per heavy atom. The maximum absolute atomic E-state index is 11.9. The Morgan fingerprint density at radius 2 is 1.83 bits per heavy atom. The van der Waals surface area contributed by atoms with Crippen LogP contribution < -0.4 is 16.2 Å². The third-order valence-corrected chi connectivity index (χ3v) is 3.19. The van der Waals surface area contributed by atoms with Gasteiger partial charge in [-0.05, 0) is 30.3 Å². The van der Waals surface area contributed by atoms with E-state index in [2.05, 4.69) is 16.2 Å². The van der Waals surface area contributed by atoms with E-state index in [1.807, 2.05) is 0 Å². The van der Waals surface area contributed by atoms with Gasteiger partial charge in [0.25, 0.3) is 17.7 Å². The number of hydrogen-bond donors (Lipinski definition) is 3. The summed E-state index contributed by atoms with van der Waals surface area (Å²) >= 11 is 11.6. The number of benzene rings is 1. The molecule has 0 saturated carbocycles. The van der Waals surface area contributed by atoms with E-state index in [4.69, 9.17) is 27.6 Å². The molecule has 1 aromatic heterocycles. The van der Waals surface area contributed by atoms with Gasteiger partial charge < -0.3 is 9.73 Å². The van der Waals surface area contributed by atoms with Gasteiger partial charge in [0, 0.05) is 5.02 Å². The molecule has 0 aliphatic carbocycles. The Labute approximate surface area is 140 Å². The van der Waals surface area contributed by atoms with Crippen molar-refractivity contribution in [3.63, 3.8) is 0 Å². The fourth-order valence-electron chi connectivity index (χ4n) is 1.57. The lowest BCUT2D eigenvalue weighted by atomic mass is 10.2. The van der Waals surface area contributed by atoms with Crippen molar-refractivity contribution in [3.05, 3.63) is 58.0 Å². The molecule has 1 heterocycles. The van der Waals surface area contributed by atoms with Gasteiger partial charge in [0.15, 0.2) is 5.76 Å². The van der Waals surface area contributed by atoms with Crippen LogP contribution in [0, 0.1) is 0 Å². The Bertz CT molecular complexity index is 732. The molecule has 0 bridgehead atoms. The Kier molecular flexibility index (Phi) is 5.61. The fraction of sp³-hybridized carbons (Fsp3) is 0.0714. The summed E-state index contributed by atoms with van der Waals surface area (Å²) in [6.07, 6.45) is 1.34. The minimum atomic E-state index is -0.622. The number of hydrogen-bond acceptors (Lipinski definition) is 4. The van der Waals surface area contributed by atoms with Crippen LogP contribution in [0.3, 0.4) is 0 Å². The van der Waals surface area contributed by atoms with Crippen molar-refractivity contribution >= 4 is 40.9 Å². The van der Waals surface area contributed by atoms with Crippen LogP contribution in [0.2, 0.25) is 10.0 Å². The van der Waals surface area contributed by atoms with E-state index in [0.29, 0.717) is 5.02 Å². The monoisotopic (exact) mass is 355 g/mol. The molecule has 0 unspecified atom stereocenters. The molecule has 0 aliphatic rings. The molecule has 0 saturated heterocycles. The molecule has 3 N–H and O–H groups in total. The molecular formula is C14H11Cl2N3O4. The van der Waals surface area contributed by atoms with Crippen molar-refractivity contribution in [2.75, 3.05) is 6.54 Å². The van der Waals surface area contributed by atoms with Gasteiger partial charge in [-0.2, -0.15) is 0 Å². The maximum atomic E-state index is 11.9. The van der Waals surface area contributed by atoms with E-state index < -0.39 is 17.7 Å². The van der Waals surface area contributed by atoms with Gasteiger partial charge in [-0.15, -0.1) is 0 Å². The van der Waals surface area contributed by atoms with Crippen molar-refractivity contribution in [3.8, 4) is 0 Å². The molecule has 7 nitrogen and oxygen atoms in total. The highest BCUT2D eigenvalue weighted by Gasteiger charge is 2.13. The Hall–Kier alpha value is -2.51. The second-order valence-electron chi connectivity index (χ2n) is 4.29. The maximum Gasteiger partial charge on any atom is 0.287 e. The van der Waals surface area contributed by atoms with Crippen molar-refractivity contribution in [1.29, 1.82) is 0 Å². The zero-order valence-corrected chi connectivity index (χ0v) is 13.1. The van der Waals surface area contributed by atoms with Gasteiger partial charge in [-0.25, -0.2) is 0 Å². The summed E-state index contributed by atoms with van der Waals surface area (Å²) in [7, 11) is 0. The molecule has 0 radical (unpaired) electrons. The first-order valence-electron chi connectivity index (χ1n) is 6.33. The normalized spacial score (nSPS) is 10.0. The molecule has 2 aromatic rings. The van der Waals surface area contributed by atoms with Crippen LogP contribution in [0.25, 0.3) is 0 Å². The number of halogens is 2. The number of carbonyl (C=O) groups is 3. The van der Waals surface area contributed by atoms with E-state index in [1.54, 1.807) is 6.07 Å². The number of nitrogens with one attached hydrogen (secondary N) is 3. The van der Waals surface area contributed by atoms with Gasteiger partial charge in [-0.1, -0.05) is 23.2 Å². The van der Waals surface area contributed by atoms with E-state index in [0.717, 1.165) is 0 Å². The van der Waals surface area contributed by atoms with Crippen molar-refractivity contribution in [1.82, 2.24) is 16.2 Å². The van der Waals surface area contributed by atoms with Crippen molar-refractivity contribution in [2.24, 2.45) is 0 Å². The summed E-state index contributed by atoms with van der Waals surface area (Å²) < 4.78 is 4.87. The van der Waals surface area contributed by atoms with Crippen LogP contribution in [0.1, 0.15) is 20.9 Å². The first-order valence-corrected chi connectivity index (χ1v) is 7.09. The molecule has 0 fully saturated rings. The van der Waals surface area contributed by atoms with Crippen LogP contribution in [-0.2, 0) is 4.79 Å². The Morgan fingerprint density at radius 3 is 2.48 bits per heavy atom. The topological polar surface area (TPSA) is 100 Å². The second-order valence-corrected chi connectivity index (χ2v) is 5.13. The lowest BCUT2D eigenvalue weighted by Gasteiger charge is -2.09. The predicted octanol–water partition coefficient (Wildman–Crippen LogP) is 1.78. The molecule has 1 aromatic carbocycles. The highest BCUT2D eigenvalue weighted by molar-refractivity contribution is 6.36. The first-order chi connectivity index (χ1) is 11.0. The zero-order chi connectivity index (χ0) is 16.8. The van der Waals surface area contributed by atoms with Crippen LogP contribution in [-0.4, -0.2) is 24.3 Å². The second kappa shape index (κ2) is 7.66. The molecule has 23 heavy (non-hydrogen) atoms. The number of amides is 3. The van der Waals surface area contributed by atoms with Crippen LogP contribution in [0.4, 0.5) is 0 Å². The summed E-state index contributed by atoms with van der Waals surface area (Å²) in [6.45, 7) is -0.339. The number of furan rings is 1. The number of carbonyl (C=O) groups excluding carboxylic acids is 3. The smallest absolute Gasteiger partial charge is 0.287 e. The predicted molar refractivity (Wildman–Crippen MR) is 83.1 cm³/mol. The van der Waals surface area contributed by atoms with Gasteiger partial charge in [0.1, 0.15) is 0 Å². The fourth-order valence-corrected chi connectivity index (χ4v) is 2.06. The SMILES string of the molecule is O=C(CNC(=O)c1ccco1)NNC(=O)c1ccc(Cl)cc1Cl. The van der Waals surface area contributed by atoms with E-state index in [1.165, 1.54) is 30.5 Å². The van der Waals surface area contributed by atoms with E-state index >= 15 is 0 Å². The van der Waals surface area contributed by atoms with Gasteiger partial charge >= 0.3 is 0 Å². The third kappa shape index (κ3) is 4.73. The van der Waals surface area contributed by atoms with E-state index in [-0.39, 0.29) is 22.9 Å². The van der Waals surface area contributed by atoms with Crippen molar-refractivity contribution < 1.29 is 18.8 Å². The molecule has 0 spiro atoms. The molecular weight excluding hydrogens is 345 g/mol. The Balaban J connectivity index is 1.80. The lowest BCUT2D eigenvalue weighted by Crippen LogP contribution is -2.46. The summed E-state index contributed by atoms with van der Waals surface area (Å²) in [5.41, 5.74) is 4.47. The zero-order valence-electron chi connectivity index (χ0n) is 11.6. The minimum Gasteiger partial charge on any atom is -0.459 e. The third-order valence-electron chi connectivity index (χ3n) is 2.65. The first kappa shape index (κ1) is 16.9. The summed E-state index contributed by atoms with van der Waals surface area (Å²) in [6, 6.07) is 7.32. The standard InChI is InChI=1S/C14H11Cl2N3O4/c15-8-3-4-9(10(16)6-8)13(21)19-18-12(20)7-17-14(22)11-2-1-5-23-11/h1-6H,7H2,(H,17,22)(H,18,20)(H,19,21).